The molecule has 3 rings (SSSR count). The molecular weight excluding hydrogens is 626 g/mol. The van der Waals surface area contributed by atoms with E-state index >= 15 is 4.39 Å². The third-order valence-electron chi connectivity index (χ3n) is 8.40. The summed E-state index contributed by atoms with van der Waals surface area (Å²) in [6, 6.07) is 3.80. The van der Waals surface area contributed by atoms with Crippen molar-refractivity contribution in [3.05, 3.63) is 27.7 Å². The first kappa shape index (κ1) is 34.1. The number of piperidine rings is 1. The van der Waals surface area contributed by atoms with Gasteiger partial charge in [0.05, 0.1) is 0 Å². The van der Waals surface area contributed by atoms with Crippen LogP contribution in [0.5, 0.6) is 5.88 Å². The summed E-state index contributed by atoms with van der Waals surface area (Å²) in [6.45, 7) is 13.6. The molecule has 1 saturated carbocycles. The van der Waals surface area contributed by atoms with Gasteiger partial charge >= 0.3 is 200 Å². The average molecular weight is 682 g/mol. The van der Waals surface area contributed by atoms with Crippen LogP contribution in [0, 0.1) is 0 Å². The van der Waals surface area contributed by atoms with Crippen LogP contribution in [0.4, 0.5) is 9.18 Å². The van der Waals surface area contributed by atoms with E-state index in [-0.39, 0.29) is 28.2 Å². The van der Waals surface area contributed by atoms with Gasteiger partial charge in [-0.25, -0.2) is 4.79 Å². The molecule has 1 saturated heterocycles. The minimum absolute atomic E-state index is 0.0651. The first-order valence-corrected chi connectivity index (χ1v) is 23.7. The molecule has 8 heteroatoms. The number of hydrogen-bond donors (Lipinski definition) is 0. The third kappa shape index (κ3) is 11.0. The maximum absolute atomic E-state index is 16.1. The van der Waals surface area contributed by atoms with E-state index in [2.05, 4.69) is 25.8 Å². The van der Waals surface area contributed by atoms with Gasteiger partial charge < -0.3 is 9.64 Å². The Kier molecular flexibility index (Phi) is 13.7. The molecule has 0 spiro atoms. The summed E-state index contributed by atoms with van der Waals surface area (Å²) in [5, 5.41) is 0. The molecule has 232 valence electrons. The third-order valence-corrected chi connectivity index (χ3v) is 22.9. The number of ether oxygens (including phenoxy) is 3. The molecule has 0 aromatic carbocycles. The fraction of sp³-hybridized carbons (Fsp3) is 0.758. The monoisotopic (exact) mass is 682 g/mol. The number of hydrogen-bond acceptors (Lipinski definition) is 5. The van der Waals surface area contributed by atoms with Crippen LogP contribution in [-0.2, 0) is 9.47 Å². The molecule has 2 aliphatic rings. The molecule has 0 radical (unpaired) electrons. The molecule has 2 fully saturated rings. The summed E-state index contributed by atoms with van der Waals surface area (Å²) in [4.78, 5) is 18.5. The van der Waals surface area contributed by atoms with Crippen molar-refractivity contribution in [2.45, 2.75) is 143 Å². The van der Waals surface area contributed by atoms with Gasteiger partial charge in [0.1, 0.15) is 5.60 Å². The van der Waals surface area contributed by atoms with Crippen molar-refractivity contribution in [1.82, 2.24) is 9.88 Å². The number of amides is 1. The van der Waals surface area contributed by atoms with E-state index in [9.17, 15) is 4.79 Å². The summed E-state index contributed by atoms with van der Waals surface area (Å²) < 4.78 is 37.7. The van der Waals surface area contributed by atoms with E-state index in [1.54, 1.807) is 11.1 Å². The molecule has 1 aromatic rings. The topological polar surface area (TPSA) is 60.9 Å². The average Bonchev–Trinajstić information content (AvgIpc) is 2.91. The Morgan fingerprint density at radius 3 is 2.12 bits per heavy atom. The zero-order chi connectivity index (χ0) is 29.9. The number of unbranched alkanes of at least 4 members (excludes halogenated alkanes) is 3. The Bertz CT molecular complexity index is 946. The maximum atomic E-state index is 16.1. The number of nitrogens with zero attached hydrogens (tertiary/aromatic N) is 2. The predicted octanol–water partition coefficient (Wildman–Crippen LogP) is 9.11. The second-order valence-corrected chi connectivity index (χ2v) is 26.1. The van der Waals surface area contributed by atoms with E-state index < -0.39 is 24.0 Å². The summed E-state index contributed by atoms with van der Waals surface area (Å²) in [6.07, 6.45) is 13.8. The van der Waals surface area contributed by atoms with Crippen LogP contribution in [0.3, 0.4) is 0 Å². The Balaban J connectivity index is 1.51. The molecule has 41 heavy (non-hydrogen) atoms. The standard InChI is InChI=1S/C21H28FN2O4.3C4H9.Sn/c1-21(2,3)28-20(25)24-10-6-16(7-11-24)26-17-13-18(14-17)27-19-12-15(4-8-22)5-9-23-19;3*1-3-4-2;/h4-5,9,12,16-18H,6-7,10-11,13-14H2,1-3H3;3*1,3-4H2,2H3;. The number of rotatable bonds is 15. The van der Waals surface area contributed by atoms with Crippen LogP contribution >= 0.6 is 0 Å². The zero-order valence-corrected chi connectivity index (χ0v) is 29.4. The Morgan fingerprint density at radius 2 is 1.59 bits per heavy atom. The van der Waals surface area contributed by atoms with Crippen molar-refractivity contribution >= 4 is 30.5 Å². The van der Waals surface area contributed by atoms with Gasteiger partial charge in [-0.15, -0.1) is 0 Å². The molecule has 0 bridgehead atoms. The second kappa shape index (κ2) is 16.5. The van der Waals surface area contributed by atoms with Crippen molar-refractivity contribution in [1.29, 1.82) is 0 Å². The molecule has 0 N–H and O–H groups in total. The van der Waals surface area contributed by atoms with Crippen LogP contribution in [0.15, 0.2) is 22.2 Å². The van der Waals surface area contributed by atoms with E-state index in [1.807, 2.05) is 39.0 Å². The molecule has 6 nitrogen and oxygen atoms in total. The molecule has 1 amide bonds. The summed E-state index contributed by atoms with van der Waals surface area (Å²) in [5.41, 5.74) is 0.386. The summed E-state index contributed by atoms with van der Waals surface area (Å²) in [5.74, 6) is 0.567. The fourth-order valence-electron chi connectivity index (χ4n) is 5.83. The van der Waals surface area contributed by atoms with Crippen LogP contribution in [-0.4, -0.2) is 71.4 Å². The van der Waals surface area contributed by atoms with E-state index in [1.165, 1.54) is 0 Å². The van der Waals surface area contributed by atoms with Gasteiger partial charge in [0.25, 0.3) is 0 Å². The molecule has 1 aliphatic carbocycles. The number of carbonyl (C=O) groups excluding carboxylic acids is 1. The summed E-state index contributed by atoms with van der Waals surface area (Å²) >= 11 is -3.07. The van der Waals surface area contributed by atoms with Crippen LogP contribution in [0.2, 0.25) is 13.3 Å². The first-order valence-electron chi connectivity index (χ1n) is 16.2. The van der Waals surface area contributed by atoms with Gasteiger partial charge in [-0.3, -0.25) is 0 Å². The molecule has 1 aliphatic heterocycles. The number of halogens is 1. The number of pyridine rings is 1. The normalized spacial score (nSPS) is 20.6. The van der Waals surface area contributed by atoms with Crippen molar-refractivity contribution in [3.8, 4) is 5.88 Å². The molecule has 0 atom stereocenters. The number of carbonyl (C=O) groups is 1. The van der Waals surface area contributed by atoms with Crippen LogP contribution in [0.25, 0.3) is 6.08 Å². The molecule has 1 aromatic heterocycles. The Hall–Kier alpha value is -1.35. The van der Waals surface area contributed by atoms with E-state index in [4.69, 9.17) is 14.2 Å². The fourth-order valence-corrected chi connectivity index (χ4v) is 20.2. The van der Waals surface area contributed by atoms with Crippen molar-refractivity contribution < 1.29 is 23.4 Å². The first-order chi connectivity index (χ1) is 19.6. The van der Waals surface area contributed by atoms with E-state index in [0.29, 0.717) is 19.0 Å². The van der Waals surface area contributed by atoms with Gasteiger partial charge in [0.15, 0.2) is 0 Å². The van der Waals surface area contributed by atoms with Gasteiger partial charge in [0.2, 0.25) is 0 Å². The van der Waals surface area contributed by atoms with Crippen molar-refractivity contribution in [3.63, 3.8) is 0 Å². The van der Waals surface area contributed by atoms with Gasteiger partial charge in [-0.05, 0) is 20.8 Å². The second-order valence-electron chi connectivity index (χ2n) is 13.1. The molecule has 0 unspecified atom stereocenters. The van der Waals surface area contributed by atoms with Crippen molar-refractivity contribution in [2.24, 2.45) is 0 Å². The van der Waals surface area contributed by atoms with E-state index in [0.717, 1.165) is 83.1 Å². The van der Waals surface area contributed by atoms with Crippen LogP contribution < -0.4 is 4.74 Å². The minimum atomic E-state index is -3.07. The van der Waals surface area contributed by atoms with Gasteiger partial charge in [0, 0.05) is 13.1 Å². The quantitative estimate of drug-likeness (QED) is 0.173. The van der Waals surface area contributed by atoms with Gasteiger partial charge in [-0.1, -0.05) is 0 Å². The van der Waals surface area contributed by atoms with Crippen molar-refractivity contribution in [2.75, 3.05) is 13.1 Å². The number of likely N-dealkylation sites (tertiary alicyclic amines) is 1. The zero-order valence-electron chi connectivity index (χ0n) is 26.6. The SMILES string of the molecule is CCC[CH2][Sn]([CH2]CCC)([CH2]CCC)[C](F)=Cc1ccnc(OC2CC(OC3CCN(C(=O)OC(C)(C)C)CC3)C2)c1. The Labute approximate surface area is 252 Å². The molecule has 2 heterocycles. The predicted molar refractivity (Wildman–Crippen MR) is 168 cm³/mol. The molecular formula is C33H55FN2O4Sn. The summed E-state index contributed by atoms with van der Waals surface area (Å²) in [7, 11) is 0. The van der Waals surface area contributed by atoms with Gasteiger partial charge in [-0.2, -0.15) is 0 Å². The Morgan fingerprint density at radius 1 is 1.00 bits per heavy atom. The number of aromatic nitrogens is 1. The van der Waals surface area contributed by atoms with Crippen LogP contribution in [0.1, 0.15) is 111 Å².